The normalized spacial score (nSPS) is 17.8. The molecule has 1 atom stereocenters. The van der Waals surface area contributed by atoms with E-state index in [1.165, 1.54) is 0 Å². The van der Waals surface area contributed by atoms with Crippen molar-refractivity contribution < 1.29 is 0 Å². The first-order valence-electron chi connectivity index (χ1n) is 6.53. The summed E-state index contributed by atoms with van der Waals surface area (Å²) in [5, 5.41) is 12.0. The molecule has 1 unspecified atom stereocenters. The molecule has 0 saturated carbocycles. The molecule has 0 spiro atoms. The lowest BCUT2D eigenvalue weighted by atomic mass is 10.1. The van der Waals surface area contributed by atoms with E-state index in [4.69, 9.17) is 11.6 Å². The number of benzene rings is 1. The first kappa shape index (κ1) is 12.5. The van der Waals surface area contributed by atoms with Crippen LogP contribution in [0, 0.1) is 5.92 Å². The average molecular weight is 277 g/mol. The molecule has 4 nitrogen and oxygen atoms in total. The summed E-state index contributed by atoms with van der Waals surface area (Å²) in [7, 11) is 0. The Morgan fingerprint density at radius 1 is 1.37 bits per heavy atom. The predicted octanol–water partition coefficient (Wildman–Crippen LogP) is 2.37. The zero-order chi connectivity index (χ0) is 13.1. The van der Waals surface area contributed by atoms with Gasteiger partial charge in [-0.1, -0.05) is 29.8 Å². The van der Waals surface area contributed by atoms with E-state index in [0.717, 1.165) is 42.6 Å². The van der Waals surface area contributed by atoms with Gasteiger partial charge in [-0.15, -0.1) is 0 Å². The molecule has 0 aliphatic carbocycles. The van der Waals surface area contributed by atoms with Gasteiger partial charge in [0, 0.05) is 43.2 Å². The lowest BCUT2D eigenvalue weighted by molar-refractivity contribution is 0.391. The van der Waals surface area contributed by atoms with E-state index < -0.39 is 0 Å². The number of nitrogens with zero attached hydrogens (tertiary/aromatic N) is 2. The minimum atomic E-state index is 0.551. The van der Waals surface area contributed by atoms with Gasteiger partial charge < -0.3 is 10.6 Å². The molecule has 0 radical (unpaired) electrons. The SMILES string of the molecule is Clc1ccccc1CNCC1CNc2ccnn2C1. The van der Waals surface area contributed by atoms with Crippen molar-refractivity contribution in [3.05, 3.63) is 47.1 Å². The van der Waals surface area contributed by atoms with Crippen LogP contribution in [-0.2, 0) is 13.1 Å². The molecule has 1 aromatic heterocycles. The molecular weight excluding hydrogens is 260 g/mol. The van der Waals surface area contributed by atoms with E-state index in [1.54, 1.807) is 0 Å². The van der Waals surface area contributed by atoms with E-state index in [2.05, 4.69) is 21.8 Å². The molecule has 0 bridgehead atoms. The minimum Gasteiger partial charge on any atom is -0.370 e. The number of halogens is 1. The van der Waals surface area contributed by atoms with Crippen molar-refractivity contribution in [3.63, 3.8) is 0 Å². The van der Waals surface area contributed by atoms with Gasteiger partial charge in [0.15, 0.2) is 0 Å². The molecule has 2 heterocycles. The van der Waals surface area contributed by atoms with Gasteiger partial charge in [0.2, 0.25) is 0 Å². The summed E-state index contributed by atoms with van der Waals surface area (Å²) < 4.78 is 2.02. The maximum Gasteiger partial charge on any atom is 0.124 e. The van der Waals surface area contributed by atoms with E-state index in [0.29, 0.717) is 5.92 Å². The molecule has 19 heavy (non-hydrogen) atoms. The Balaban J connectivity index is 1.50. The molecule has 0 fully saturated rings. The smallest absolute Gasteiger partial charge is 0.124 e. The quantitative estimate of drug-likeness (QED) is 0.901. The highest BCUT2D eigenvalue weighted by molar-refractivity contribution is 6.31. The molecule has 1 aliphatic rings. The van der Waals surface area contributed by atoms with E-state index >= 15 is 0 Å². The molecule has 1 aliphatic heterocycles. The molecule has 3 rings (SSSR count). The van der Waals surface area contributed by atoms with Gasteiger partial charge in [-0.3, -0.25) is 0 Å². The van der Waals surface area contributed by atoms with Gasteiger partial charge in [-0.25, -0.2) is 4.68 Å². The van der Waals surface area contributed by atoms with Crippen molar-refractivity contribution in [3.8, 4) is 0 Å². The molecule has 2 N–H and O–H groups in total. The van der Waals surface area contributed by atoms with Crippen LogP contribution in [0.1, 0.15) is 5.56 Å². The second kappa shape index (κ2) is 5.63. The van der Waals surface area contributed by atoms with Crippen LogP contribution in [0.2, 0.25) is 5.02 Å². The number of hydrogen-bond acceptors (Lipinski definition) is 3. The molecule has 100 valence electrons. The standard InChI is InChI=1S/C14H17ClN4/c15-13-4-2-1-3-12(13)9-16-7-11-8-17-14-5-6-18-19(14)10-11/h1-6,11,16-17H,7-10H2. The molecule has 0 saturated heterocycles. The minimum absolute atomic E-state index is 0.551. The Labute approximate surface area is 117 Å². The summed E-state index contributed by atoms with van der Waals surface area (Å²) in [6, 6.07) is 9.96. The number of fused-ring (bicyclic) bond motifs is 1. The van der Waals surface area contributed by atoms with E-state index in [1.807, 2.05) is 35.1 Å². The average Bonchev–Trinajstić information content (AvgIpc) is 2.88. The fraction of sp³-hybridized carbons (Fsp3) is 0.357. The largest absolute Gasteiger partial charge is 0.370 e. The van der Waals surface area contributed by atoms with Crippen molar-refractivity contribution in [1.82, 2.24) is 15.1 Å². The maximum atomic E-state index is 6.13. The third-order valence-corrected chi connectivity index (χ3v) is 3.79. The van der Waals surface area contributed by atoms with Crippen LogP contribution in [0.15, 0.2) is 36.5 Å². The van der Waals surface area contributed by atoms with Crippen LogP contribution < -0.4 is 10.6 Å². The highest BCUT2D eigenvalue weighted by atomic mass is 35.5. The second-order valence-electron chi connectivity index (χ2n) is 4.87. The summed E-state index contributed by atoms with van der Waals surface area (Å²) in [5.41, 5.74) is 1.15. The van der Waals surface area contributed by atoms with E-state index in [9.17, 15) is 0 Å². The summed E-state index contributed by atoms with van der Waals surface area (Å²) in [4.78, 5) is 0. The summed E-state index contributed by atoms with van der Waals surface area (Å²) in [6.45, 7) is 3.71. The Kier molecular flexibility index (Phi) is 3.71. The van der Waals surface area contributed by atoms with Crippen LogP contribution in [0.4, 0.5) is 5.82 Å². The van der Waals surface area contributed by atoms with Crippen molar-refractivity contribution in [2.75, 3.05) is 18.4 Å². The number of hydrogen-bond donors (Lipinski definition) is 2. The first-order valence-corrected chi connectivity index (χ1v) is 6.90. The lowest BCUT2D eigenvalue weighted by Gasteiger charge is -2.25. The van der Waals surface area contributed by atoms with Crippen LogP contribution in [0.3, 0.4) is 0 Å². The van der Waals surface area contributed by atoms with Crippen molar-refractivity contribution in [2.45, 2.75) is 13.1 Å². The summed E-state index contributed by atoms with van der Waals surface area (Å²) in [5.74, 6) is 1.66. The van der Waals surface area contributed by atoms with Crippen LogP contribution >= 0.6 is 11.6 Å². The number of nitrogens with one attached hydrogen (secondary N) is 2. The number of anilines is 1. The second-order valence-corrected chi connectivity index (χ2v) is 5.27. The van der Waals surface area contributed by atoms with Gasteiger partial charge in [-0.05, 0) is 11.6 Å². The molecule has 2 aromatic rings. The predicted molar refractivity (Wildman–Crippen MR) is 77.4 cm³/mol. The first-order chi connectivity index (χ1) is 9.33. The zero-order valence-electron chi connectivity index (χ0n) is 10.6. The third kappa shape index (κ3) is 2.91. The van der Waals surface area contributed by atoms with Gasteiger partial charge in [0.25, 0.3) is 0 Å². The molecule has 1 aromatic carbocycles. The summed E-state index contributed by atoms with van der Waals surface area (Å²) >= 11 is 6.13. The topological polar surface area (TPSA) is 41.9 Å². The van der Waals surface area contributed by atoms with Gasteiger partial charge in [0.05, 0.1) is 6.20 Å². The molecule has 5 heteroatoms. The highest BCUT2D eigenvalue weighted by Gasteiger charge is 2.17. The fourth-order valence-corrected chi connectivity index (χ4v) is 2.58. The number of aromatic nitrogens is 2. The molecule has 0 amide bonds. The van der Waals surface area contributed by atoms with Crippen LogP contribution in [0.5, 0.6) is 0 Å². The Bertz CT molecular complexity index is 552. The zero-order valence-corrected chi connectivity index (χ0v) is 11.4. The van der Waals surface area contributed by atoms with Crippen molar-refractivity contribution in [2.24, 2.45) is 5.92 Å². The van der Waals surface area contributed by atoms with Crippen LogP contribution in [-0.4, -0.2) is 22.9 Å². The summed E-state index contributed by atoms with van der Waals surface area (Å²) in [6.07, 6.45) is 1.84. The van der Waals surface area contributed by atoms with Gasteiger partial charge in [-0.2, -0.15) is 5.10 Å². The van der Waals surface area contributed by atoms with Gasteiger partial charge >= 0.3 is 0 Å². The third-order valence-electron chi connectivity index (χ3n) is 3.43. The molecular formula is C14H17ClN4. The lowest BCUT2D eigenvalue weighted by Crippen LogP contribution is -2.35. The Hall–Kier alpha value is -1.52. The van der Waals surface area contributed by atoms with Crippen molar-refractivity contribution in [1.29, 1.82) is 0 Å². The Morgan fingerprint density at radius 3 is 3.16 bits per heavy atom. The monoisotopic (exact) mass is 276 g/mol. The van der Waals surface area contributed by atoms with Crippen LogP contribution in [0.25, 0.3) is 0 Å². The van der Waals surface area contributed by atoms with E-state index in [-0.39, 0.29) is 0 Å². The highest BCUT2D eigenvalue weighted by Crippen LogP contribution is 2.17. The number of rotatable bonds is 4. The Morgan fingerprint density at radius 2 is 2.26 bits per heavy atom. The fourth-order valence-electron chi connectivity index (χ4n) is 2.38. The van der Waals surface area contributed by atoms with Crippen molar-refractivity contribution >= 4 is 17.4 Å². The van der Waals surface area contributed by atoms with Gasteiger partial charge in [0.1, 0.15) is 5.82 Å². The maximum absolute atomic E-state index is 6.13.